The molecule has 2 unspecified atom stereocenters. The second-order valence-corrected chi connectivity index (χ2v) is 19.0. The molecule has 2 bridgehead atoms. The molecule has 0 radical (unpaired) electrons. The number of carbonyl (C=O) groups is 7. The van der Waals surface area contributed by atoms with Crippen LogP contribution in [0.15, 0.2) is 41.5 Å². The van der Waals surface area contributed by atoms with E-state index in [-0.39, 0.29) is 29.7 Å². The van der Waals surface area contributed by atoms with Crippen LogP contribution < -0.4 is 0 Å². The van der Waals surface area contributed by atoms with Crippen molar-refractivity contribution in [3.63, 3.8) is 0 Å². The van der Waals surface area contributed by atoms with Crippen molar-refractivity contribution in [2.75, 3.05) is 6.61 Å². The van der Waals surface area contributed by atoms with Gasteiger partial charge in [0.25, 0.3) is 5.91 Å². The standard InChI is InChI=1S/C43H55NO16/c1-20-24(57-35(51)28(48)31(38(4,5)6)44-36(52)40(9,10)60-37(44)53)18-43(54)33(58-34(50)23-15-13-12-14-16-23)30-41(11,25(47)17-26-42(30,19-55-26)59-22(3)46)32(49)29(56-21(2)45)27(20)39(43,7)8/h12-16,24-26,28-31,33,47-48,54H,17-19H2,1-11H3/t24-,25-,26+,28?,29+,30-,31?,33-,41+,42-,43+/m0/s1. The molecule has 4 fully saturated rings. The lowest BCUT2D eigenvalue weighted by atomic mass is 9.44. The van der Waals surface area contributed by atoms with Crippen LogP contribution in [0.3, 0.4) is 0 Å². The fourth-order valence-electron chi connectivity index (χ4n) is 10.3. The van der Waals surface area contributed by atoms with Crippen molar-refractivity contribution in [1.82, 2.24) is 4.90 Å². The highest BCUT2D eigenvalue weighted by molar-refractivity contribution is 6.03. The molecule has 17 heteroatoms. The molecular formula is C43H55NO16. The number of benzene rings is 1. The Kier molecular flexibility index (Phi) is 11.0. The van der Waals surface area contributed by atoms with Gasteiger partial charge >= 0.3 is 30.0 Å². The predicted molar refractivity (Wildman–Crippen MR) is 205 cm³/mol. The highest BCUT2D eigenvalue weighted by Gasteiger charge is 2.78. The van der Waals surface area contributed by atoms with Crippen LogP contribution in [0.2, 0.25) is 0 Å². The number of ether oxygens (including phenoxy) is 6. The lowest BCUT2D eigenvalue weighted by Crippen LogP contribution is -2.82. The number of hydrogen-bond donors (Lipinski definition) is 3. The van der Waals surface area contributed by atoms with Crippen LogP contribution >= 0.6 is 0 Å². The van der Waals surface area contributed by atoms with Crippen molar-refractivity contribution in [2.45, 2.75) is 148 Å². The molecule has 1 aromatic carbocycles. The molecule has 17 nitrogen and oxygen atoms in total. The fraction of sp³-hybridized carbons (Fsp3) is 0.651. The number of imide groups is 1. The van der Waals surface area contributed by atoms with Gasteiger partial charge in [-0.25, -0.2) is 19.3 Å². The second kappa shape index (κ2) is 14.7. The summed E-state index contributed by atoms with van der Waals surface area (Å²) in [6.07, 6.45) is -12.0. The number of esters is 4. The zero-order valence-corrected chi connectivity index (χ0v) is 35.7. The average molecular weight is 842 g/mol. The van der Waals surface area contributed by atoms with E-state index in [9.17, 15) is 44.1 Å². The summed E-state index contributed by atoms with van der Waals surface area (Å²) in [6.45, 7) is 15.3. The number of ketones is 1. The zero-order chi connectivity index (χ0) is 44.9. The first-order chi connectivity index (χ1) is 27.6. The number of aliphatic hydroxyl groups is 3. The van der Waals surface area contributed by atoms with E-state index in [1.54, 1.807) is 39.0 Å². The molecule has 328 valence electrons. The Hall–Kier alpha value is -4.71. The molecule has 2 amide bonds. The van der Waals surface area contributed by atoms with Crippen molar-refractivity contribution in [1.29, 1.82) is 0 Å². The summed E-state index contributed by atoms with van der Waals surface area (Å²) in [5.74, 6) is -7.28. The minimum atomic E-state index is -2.43. The van der Waals surface area contributed by atoms with E-state index in [1.807, 2.05) is 0 Å². The molecule has 5 aliphatic rings. The van der Waals surface area contributed by atoms with Crippen LogP contribution in [0, 0.1) is 22.2 Å². The minimum Gasteiger partial charge on any atom is -0.456 e. The summed E-state index contributed by atoms with van der Waals surface area (Å²) in [7, 11) is 0. The highest BCUT2D eigenvalue weighted by atomic mass is 16.6. The number of amides is 2. The Morgan fingerprint density at radius 3 is 2.05 bits per heavy atom. The molecule has 2 saturated carbocycles. The smallest absolute Gasteiger partial charge is 0.418 e. The van der Waals surface area contributed by atoms with Crippen molar-refractivity contribution in [2.24, 2.45) is 22.2 Å². The molecular weight excluding hydrogens is 786 g/mol. The Morgan fingerprint density at radius 1 is 0.933 bits per heavy atom. The van der Waals surface area contributed by atoms with Gasteiger partial charge in [0.05, 0.1) is 35.6 Å². The topological polar surface area (TPSA) is 239 Å². The van der Waals surface area contributed by atoms with Crippen LogP contribution in [-0.2, 0) is 52.4 Å². The second-order valence-electron chi connectivity index (χ2n) is 19.0. The van der Waals surface area contributed by atoms with E-state index in [4.69, 9.17) is 28.4 Å². The van der Waals surface area contributed by atoms with Gasteiger partial charge in [-0.05, 0) is 56.4 Å². The first-order valence-electron chi connectivity index (χ1n) is 19.9. The largest absolute Gasteiger partial charge is 0.456 e. The number of rotatable bonds is 8. The third-order valence-electron chi connectivity index (χ3n) is 13.4. The molecule has 3 N–H and O–H groups in total. The lowest BCUT2D eigenvalue weighted by Gasteiger charge is -2.67. The Balaban J connectivity index is 1.57. The van der Waals surface area contributed by atoms with E-state index >= 15 is 4.79 Å². The van der Waals surface area contributed by atoms with Crippen LogP contribution in [0.1, 0.15) is 99.4 Å². The van der Waals surface area contributed by atoms with E-state index in [1.165, 1.54) is 53.7 Å². The number of carbonyl (C=O) groups excluding carboxylic acids is 7. The molecule has 1 aromatic rings. The van der Waals surface area contributed by atoms with Crippen LogP contribution in [-0.4, -0.2) is 128 Å². The predicted octanol–water partition coefficient (Wildman–Crippen LogP) is 2.74. The molecule has 2 saturated heterocycles. The normalized spacial score (nSPS) is 35.3. The van der Waals surface area contributed by atoms with Gasteiger partial charge in [0, 0.05) is 32.1 Å². The molecule has 2 heterocycles. The first-order valence-corrected chi connectivity index (χ1v) is 19.9. The summed E-state index contributed by atoms with van der Waals surface area (Å²) in [6, 6.07) is 6.23. The van der Waals surface area contributed by atoms with Gasteiger partial charge in [-0.1, -0.05) is 52.8 Å². The fourth-order valence-corrected chi connectivity index (χ4v) is 10.3. The maximum Gasteiger partial charge on any atom is 0.418 e. The summed E-state index contributed by atoms with van der Waals surface area (Å²) in [5.41, 5.74) is -10.6. The summed E-state index contributed by atoms with van der Waals surface area (Å²) in [4.78, 5) is 97.0. The molecule has 11 atom stereocenters. The van der Waals surface area contributed by atoms with Gasteiger partial charge in [0.2, 0.25) is 0 Å². The SMILES string of the molecule is CC(=O)O[C@H]1C(=O)[C@@]2(C)[C@H]([C@H](OC(=O)c3ccccc3)[C@]3(O)C[C@H](OC(=O)C(O)C(N4C(=O)OC(C)(C)C4=O)C(C)(C)C)C(C)=C1C3(C)C)[C@]1(OC(C)=O)CO[C@@H]1C[C@@H]2O. The lowest BCUT2D eigenvalue weighted by molar-refractivity contribution is -0.346. The van der Waals surface area contributed by atoms with Gasteiger partial charge in [-0.15, -0.1) is 0 Å². The van der Waals surface area contributed by atoms with E-state index in [0.717, 1.165) is 13.8 Å². The van der Waals surface area contributed by atoms with E-state index in [2.05, 4.69) is 0 Å². The summed E-state index contributed by atoms with van der Waals surface area (Å²) < 4.78 is 35.3. The van der Waals surface area contributed by atoms with Crippen molar-refractivity contribution in [3.05, 3.63) is 47.0 Å². The van der Waals surface area contributed by atoms with Crippen molar-refractivity contribution < 1.29 is 77.3 Å². The number of Topliss-reactive ketones (excluding diaryl/α,β-unsaturated/α-hetero) is 1. The first kappa shape index (κ1) is 44.8. The van der Waals surface area contributed by atoms with Crippen molar-refractivity contribution in [3.8, 4) is 0 Å². The average Bonchev–Trinajstić information content (AvgIpc) is 3.33. The molecule has 0 spiro atoms. The minimum absolute atomic E-state index is 0.0442. The Bertz CT molecular complexity index is 2040. The van der Waals surface area contributed by atoms with Crippen LogP contribution in [0.5, 0.6) is 0 Å². The number of aliphatic hydroxyl groups excluding tert-OH is 2. The highest BCUT2D eigenvalue weighted by Crippen LogP contribution is 2.64. The zero-order valence-electron chi connectivity index (χ0n) is 35.7. The van der Waals surface area contributed by atoms with Gasteiger partial charge in [0.15, 0.2) is 29.2 Å². The molecule has 60 heavy (non-hydrogen) atoms. The van der Waals surface area contributed by atoms with Crippen LogP contribution in [0.4, 0.5) is 4.79 Å². The van der Waals surface area contributed by atoms with Gasteiger partial charge in [-0.3, -0.25) is 19.2 Å². The van der Waals surface area contributed by atoms with Gasteiger partial charge in [0.1, 0.15) is 23.9 Å². The Morgan fingerprint density at radius 2 is 1.55 bits per heavy atom. The number of hydrogen-bond acceptors (Lipinski definition) is 16. The number of cyclic esters (lactones) is 1. The van der Waals surface area contributed by atoms with E-state index < -0.39 is 130 Å². The van der Waals surface area contributed by atoms with Crippen molar-refractivity contribution >= 4 is 41.7 Å². The van der Waals surface area contributed by atoms with Gasteiger partial charge < -0.3 is 43.7 Å². The summed E-state index contributed by atoms with van der Waals surface area (Å²) >= 11 is 0. The monoisotopic (exact) mass is 841 g/mol. The third-order valence-corrected chi connectivity index (χ3v) is 13.4. The molecule has 2 aliphatic heterocycles. The quantitative estimate of drug-likeness (QED) is 0.194. The third kappa shape index (κ3) is 6.72. The number of fused-ring (bicyclic) bond motifs is 5. The maximum absolute atomic E-state index is 15.4. The van der Waals surface area contributed by atoms with E-state index in [0.29, 0.717) is 4.90 Å². The van der Waals surface area contributed by atoms with Gasteiger partial charge in [-0.2, -0.15) is 0 Å². The Labute approximate surface area is 347 Å². The molecule has 0 aromatic heterocycles. The summed E-state index contributed by atoms with van der Waals surface area (Å²) in [5, 5.41) is 37.4. The van der Waals surface area contributed by atoms with Crippen LogP contribution in [0.25, 0.3) is 0 Å². The molecule has 6 rings (SSSR count). The number of nitrogens with zero attached hydrogens (tertiary/aromatic N) is 1. The molecule has 3 aliphatic carbocycles. The maximum atomic E-state index is 15.4.